The summed E-state index contributed by atoms with van der Waals surface area (Å²) in [5, 5.41) is 0. The minimum atomic E-state index is 0. The third-order valence-corrected chi connectivity index (χ3v) is 3.67. The van der Waals surface area contributed by atoms with E-state index in [1.165, 1.54) is 0 Å². The molecule has 0 N–H and O–H groups in total. The van der Waals surface area contributed by atoms with Gasteiger partial charge >= 0.3 is 6.03 Å². The van der Waals surface area contributed by atoms with Gasteiger partial charge in [0.1, 0.15) is 0 Å². The van der Waals surface area contributed by atoms with Gasteiger partial charge in [0, 0.05) is 65.7 Å². The van der Waals surface area contributed by atoms with Gasteiger partial charge in [-0.2, -0.15) is 0 Å². The van der Waals surface area contributed by atoms with E-state index in [1.54, 1.807) is 0 Å². The molecule has 0 heterocycles. The molecule has 2 radical (unpaired) electrons. The van der Waals surface area contributed by atoms with Crippen molar-refractivity contribution >= 4 is 14.4 Å². The Bertz CT molecular complexity index is 211. The molecule has 0 rings (SSSR count). The molecule has 0 aliphatic heterocycles. The molecule has 0 aromatic heterocycles. The molecule has 3 nitrogen and oxygen atoms in total. The molecule has 2 amide bonds. The Hall–Kier alpha value is 0.387. The minimum Gasteiger partial charge on any atom is -0.325 e. The predicted octanol–water partition coefficient (Wildman–Crippen LogP) is 4.26. The van der Waals surface area contributed by atoms with E-state index in [0.717, 1.165) is 77.5 Å². The van der Waals surface area contributed by atoms with Crippen molar-refractivity contribution in [1.82, 2.24) is 9.80 Å². The van der Waals surface area contributed by atoms with Crippen LogP contribution in [0.5, 0.6) is 0 Å². The second kappa shape index (κ2) is 19.4. The number of nitrogens with zero attached hydrogens (tertiary/aromatic N) is 2. The molecule has 0 spiro atoms. The fourth-order valence-electron chi connectivity index (χ4n) is 2.20. The van der Waals surface area contributed by atoms with E-state index in [2.05, 4.69) is 45.9 Å². The van der Waals surface area contributed by atoms with Gasteiger partial charge < -0.3 is 9.80 Å². The van der Waals surface area contributed by atoms with Crippen molar-refractivity contribution in [2.45, 2.75) is 79.1 Å². The van der Waals surface area contributed by atoms with Crippen LogP contribution in [0, 0.1) is 31.1 Å². The van der Waals surface area contributed by atoms with Crippen LogP contribution in [0.15, 0.2) is 0 Å². The summed E-state index contributed by atoms with van der Waals surface area (Å²) in [6.45, 7) is 12.4. The Labute approximate surface area is 166 Å². The summed E-state index contributed by atoms with van der Waals surface area (Å²) in [4.78, 5) is 16.9. The summed E-state index contributed by atoms with van der Waals surface area (Å²) >= 11 is 0. The summed E-state index contributed by atoms with van der Waals surface area (Å²) in [5.74, 6) is 0. The molecule has 0 aromatic rings. The molecular weight excluding hydrogens is 497 g/mol. The zero-order valence-corrected chi connectivity index (χ0v) is 19.5. The molecule has 128 valence electrons. The standard InChI is InChI=1S/C17H36N2O.BH.U/c1-5-9-13-18(14-10-6-2)17(20)19(15-11-7-3)16-12-8-4;;/h5-16H2,1-4H3;1H;/i;1T;. The Morgan fingerprint density at radius 3 is 1.14 bits per heavy atom. The van der Waals surface area contributed by atoms with Crippen LogP contribution in [0.1, 0.15) is 79.1 Å². The molecule has 0 aliphatic rings. The largest absolute Gasteiger partial charge is 0.325 e. The molecule has 0 unspecified atom stereocenters. The van der Waals surface area contributed by atoms with Crippen molar-refractivity contribution in [2.75, 3.05) is 26.2 Å². The van der Waals surface area contributed by atoms with Crippen molar-refractivity contribution in [2.24, 2.45) is 0 Å². The first-order valence-corrected chi connectivity index (χ1v) is 8.74. The van der Waals surface area contributed by atoms with E-state index in [4.69, 9.17) is 1.34 Å². The van der Waals surface area contributed by atoms with Crippen LogP contribution >= 0.6 is 0 Å². The van der Waals surface area contributed by atoms with Crippen molar-refractivity contribution in [1.29, 1.82) is 1.34 Å². The fourth-order valence-corrected chi connectivity index (χ4v) is 2.20. The maximum absolute atomic E-state index is 12.7. The molecule has 0 atom stereocenters. The maximum atomic E-state index is 12.7. The maximum Gasteiger partial charge on any atom is 0.319 e. The molecule has 0 saturated heterocycles. The van der Waals surface area contributed by atoms with E-state index in [-0.39, 0.29) is 37.1 Å². The smallest absolute Gasteiger partial charge is 0.319 e. The molecule has 5 heteroatoms. The average molecular weight is 536 g/mol. The van der Waals surface area contributed by atoms with Crippen LogP contribution < -0.4 is 0 Å². The summed E-state index contributed by atoms with van der Waals surface area (Å²) in [6.07, 6.45) is 9.07. The molecule has 22 heavy (non-hydrogen) atoms. The zero-order chi connectivity index (χ0) is 17.2. The molecule has 0 fully saturated rings. The molecule has 0 saturated carbocycles. The molecular formula is C17H37BN2OU. The quantitative estimate of drug-likeness (QED) is 0.342. The number of carbonyl (C=O) groups is 1. The van der Waals surface area contributed by atoms with E-state index in [1.807, 2.05) is 0 Å². The number of urea groups is 1. The van der Waals surface area contributed by atoms with Gasteiger partial charge in [0.25, 0.3) is 0 Å². The molecule has 0 bridgehead atoms. The van der Waals surface area contributed by atoms with Crippen molar-refractivity contribution < 1.29 is 35.9 Å². The predicted molar refractivity (Wildman–Crippen MR) is 95.3 cm³/mol. The van der Waals surface area contributed by atoms with Gasteiger partial charge in [-0.3, -0.25) is 0 Å². The number of unbranched alkanes of at least 4 members (excludes halogenated alkanes) is 4. The van der Waals surface area contributed by atoms with Crippen LogP contribution in [0.2, 0.25) is 0 Å². The van der Waals surface area contributed by atoms with Crippen LogP contribution in [-0.2, 0) is 0 Å². The van der Waals surface area contributed by atoms with Gasteiger partial charge in [-0.05, 0) is 27.0 Å². The monoisotopic (exact) mass is 536 g/mol. The Morgan fingerprint density at radius 2 is 0.955 bits per heavy atom. The van der Waals surface area contributed by atoms with Crippen molar-refractivity contribution in [3.05, 3.63) is 0 Å². The zero-order valence-electron chi connectivity index (χ0n) is 16.4. The summed E-state index contributed by atoms with van der Waals surface area (Å²) in [5.41, 5.74) is 0. The van der Waals surface area contributed by atoms with Gasteiger partial charge in [0.05, 0.1) is 0 Å². The second-order valence-electron chi connectivity index (χ2n) is 5.67. The third-order valence-electron chi connectivity index (χ3n) is 3.67. The Balaban J connectivity index is -0.00000128. The average Bonchev–Trinajstić information content (AvgIpc) is 2.56. The van der Waals surface area contributed by atoms with Crippen LogP contribution in [0.4, 0.5) is 4.79 Å². The van der Waals surface area contributed by atoms with Crippen molar-refractivity contribution in [3.8, 4) is 0 Å². The number of hydrogen-bond donors (Lipinski definition) is 0. The first-order chi connectivity index (χ1) is 10.7. The first kappa shape index (κ1) is 24.6. The van der Waals surface area contributed by atoms with Crippen LogP contribution in [0.3, 0.4) is 0 Å². The third kappa shape index (κ3) is 12.9. The van der Waals surface area contributed by atoms with Gasteiger partial charge in [0.2, 0.25) is 0 Å². The summed E-state index contributed by atoms with van der Waals surface area (Å²) in [6, 6.07) is 0.272. The SMILES string of the molecule is CCCCN(CCCC)C(=O)N(CCCC)CCCC.[3H][B].[U]. The number of carbonyl (C=O) groups excluding carboxylic acids is 1. The Morgan fingerprint density at radius 1 is 0.727 bits per heavy atom. The minimum absolute atomic E-state index is 0. The summed E-state index contributed by atoms with van der Waals surface area (Å²) in [7, 11) is 3.75. The molecule has 0 aromatic carbocycles. The van der Waals surface area contributed by atoms with Crippen LogP contribution in [0.25, 0.3) is 0 Å². The van der Waals surface area contributed by atoms with Gasteiger partial charge in [-0.15, -0.1) is 0 Å². The van der Waals surface area contributed by atoms with Gasteiger partial charge in [0.15, 0.2) is 0 Å². The normalized spacial score (nSPS) is 9.91. The van der Waals surface area contributed by atoms with E-state index >= 15 is 0 Å². The van der Waals surface area contributed by atoms with Gasteiger partial charge in [-0.25, -0.2) is 4.79 Å². The summed E-state index contributed by atoms with van der Waals surface area (Å²) < 4.78 is 5.25. The van der Waals surface area contributed by atoms with E-state index in [0.29, 0.717) is 0 Å². The van der Waals surface area contributed by atoms with E-state index in [9.17, 15) is 4.79 Å². The second-order valence-corrected chi connectivity index (χ2v) is 5.67. The van der Waals surface area contributed by atoms with Crippen molar-refractivity contribution in [3.63, 3.8) is 0 Å². The molecule has 0 aliphatic carbocycles. The Kier molecular flexibility index (Phi) is 21.8. The number of hydrogen-bond acceptors (Lipinski definition) is 1. The topological polar surface area (TPSA) is 23.6 Å². The fraction of sp³-hybridized carbons (Fsp3) is 0.941. The van der Waals surface area contributed by atoms with E-state index < -0.39 is 0 Å². The van der Waals surface area contributed by atoms with Crippen LogP contribution in [-0.4, -0.2) is 51.7 Å². The first-order valence-electron chi connectivity index (χ1n) is 9.32. The van der Waals surface area contributed by atoms with Gasteiger partial charge in [-0.1, -0.05) is 53.4 Å². The number of amides is 2. The number of rotatable bonds is 12.